The van der Waals surface area contributed by atoms with Crippen molar-refractivity contribution in [2.45, 2.75) is 103 Å². The number of hydrogen-bond donors (Lipinski definition) is 0. The summed E-state index contributed by atoms with van der Waals surface area (Å²) in [5, 5.41) is 0.174. The fourth-order valence-corrected chi connectivity index (χ4v) is 4.58. The Kier molecular flexibility index (Phi) is 9.39. The molecule has 2 rings (SSSR count). The Morgan fingerprint density at radius 3 is 2.29 bits per heavy atom. The van der Waals surface area contributed by atoms with Gasteiger partial charge in [-0.1, -0.05) is 88.8 Å². The maximum absolute atomic E-state index is 13.1. The highest BCUT2D eigenvalue weighted by atomic mass is 28.3. The van der Waals surface area contributed by atoms with E-state index in [4.69, 9.17) is 9.47 Å². The van der Waals surface area contributed by atoms with Gasteiger partial charge in [0.25, 0.3) is 0 Å². The van der Waals surface area contributed by atoms with Gasteiger partial charge in [-0.25, -0.2) is 4.79 Å². The molecule has 34 heavy (non-hydrogen) atoms. The zero-order valence-corrected chi connectivity index (χ0v) is 23.5. The highest BCUT2D eigenvalue weighted by Gasteiger charge is 2.38. The maximum atomic E-state index is 13.1. The number of carbonyl (C=O) groups excluding carboxylic acids is 1. The second-order valence-corrected chi connectivity index (χ2v) is 16.3. The lowest BCUT2D eigenvalue weighted by Gasteiger charge is -2.38. The highest BCUT2D eigenvalue weighted by Crippen LogP contribution is 2.35. The molecule has 0 N–H and O–H groups in total. The molecule has 0 radical (unpaired) electrons. The molecule has 1 aliphatic heterocycles. The number of benzene rings is 1. The van der Waals surface area contributed by atoms with Gasteiger partial charge in [-0.05, 0) is 43.9 Å². The monoisotopic (exact) mass is 481 g/mol. The van der Waals surface area contributed by atoms with Crippen LogP contribution in [0.3, 0.4) is 0 Å². The van der Waals surface area contributed by atoms with E-state index in [0.29, 0.717) is 6.42 Å². The van der Waals surface area contributed by atoms with E-state index in [0.717, 1.165) is 11.1 Å². The minimum absolute atomic E-state index is 0.0341. The van der Waals surface area contributed by atoms with Crippen LogP contribution < -0.4 is 0 Å². The zero-order chi connectivity index (χ0) is 25.7. The lowest BCUT2D eigenvalue weighted by molar-refractivity contribution is -0.0592. The average Bonchev–Trinajstić information content (AvgIpc) is 2.72. The van der Waals surface area contributed by atoms with Crippen molar-refractivity contribution in [3.8, 4) is 11.5 Å². The molecule has 1 aliphatic rings. The molecule has 1 fully saturated rings. The van der Waals surface area contributed by atoms with E-state index in [-0.39, 0.29) is 29.3 Å². The number of rotatable bonds is 5. The quantitative estimate of drug-likeness (QED) is 0.256. The molecule has 1 saturated heterocycles. The van der Waals surface area contributed by atoms with Gasteiger partial charge in [0, 0.05) is 18.5 Å². The third kappa shape index (κ3) is 7.35. The van der Waals surface area contributed by atoms with Crippen LogP contribution in [0.2, 0.25) is 18.1 Å². The number of hydrogen-bond acceptors (Lipinski definition) is 3. The Hall–Kier alpha value is -2.29. The summed E-state index contributed by atoms with van der Waals surface area (Å²) in [5.74, 6) is 3.40. The van der Waals surface area contributed by atoms with Gasteiger partial charge in [-0.2, -0.15) is 0 Å². The van der Waals surface area contributed by atoms with E-state index in [1.807, 2.05) is 70.2 Å². The van der Waals surface area contributed by atoms with Crippen molar-refractivity contribution >= 4 is 20.2 Å². The van der Waals surface area contributed by atoms with Crippen LogP contribution >= 0.6 is 0 Å². The first-order valence-electron chi connectivity index (χ1n) is 12.3. The fourth-order valence-electron chi connectivity index (χ4n) is 3.68. The molecule has 0 unspecified atom stereocenters. The molecule has 0 aliphatic carbocycles. The van der Waals surface area contributed by atoms with E-state index >= 15 is 0 Å². The largest absolute Gasteiger partial charge is 0.438 e. The summed E-state index contributed by atoms with van der Waals surface area (Å²) in [7, 11) is -1.77. The van der Waals surface area contributed by atoms with Crippen LogP contribution in [0.25, 0.3) is 6.08 Å². The van der Waals surface area contributed by atoms with Crippen LogP contribution in [0.1, 0.15) is 60.5 Å². The van der Waals surface area contributed by atoms with Crippen molar-refractivity contribution in [2.24, 2.45) is 0 Å². The normalized spacial score (nSPS) is 21.5. The van der Waals surface area contributed by atoms with Gasteiger partial charge in [-0.3, -0.25) is 0 Å². The van der Waals surface area contributed by atoms with Gasteiger partial charge in [0.2, 0.25) is 0 Å². The van der Waals surface area contributed by atoms with E-state index in [9.17, 15) is 4.79 Å². The predicted octanol–water partition coefficient (Wildman–Crippen LogP) is 7.09. The Balaban J connectivity index is 2.32. The number of nitrogens with zero attached hydrogens (tertiary/aromatic N) is 1. The predicted molar refractivity (Wildman–Crippen MR) is 145 cm³/mol. The first-order valence-corrected chi connectivity index (χ1v) is 15.3. The summed E-state index contributed by atoms with van der Waals surface area (Å²) in [5.41, 5.74) is 5.46. The molecule has 1 heterocycles. The zero-order valence-electron chi connectivity index (χ0n) is 22.5. The second-order valence-electron chi connectivity index (χ2n) is 11.3. The standard InChI is InChI=1S/C29H43NO3Si/c1-21(2)30(22(3)4)28(31)33-27-23(5)20-25(18-19-34(9,10)29(6,7)8)32-26(27)17-16-24-14-12-11-13-15-24/h11-17,21-22,25-27H,5,20H2,1-4,6-10H3/b17-16+/t25-,26-,27-/m1/s1. The Morgan fingerprint density at radius 1 is 1.18 bits per heavy atom. The summed E-state index contributed by atoms with van der Waals surface area (Å²) < 4.78 is 12.4. The fraction of sp³-hybridized carbons (Fsp3) is 0.552. The summed E-state index contributed by atoms with van der Waals surface area (Å²) >= 11 is 0. The minimum atomic E-state index is -1.77. The molecular formula is C29H43NO3Si. The maximum Gasteiger partial charge on any atom is 0.410 e. The Bertz CT molecular complexity index is 924. The van der Waals surface area contributed by atoms with Crippen molar-refractivity contribution in [3.05, 3.63) is 54.1 Å². The van der Waals surface area contributed by atoms with E-state index < -0.39 is 20.3 Å². The molecule has 5 heteroatoms. The number of ether oxygens (including phenoxy) is 2. The SMILES string of the molecule is C=C1C[C@@H](C#C[Si](C)(C)C(C)(C)C)O[C@H](/C=C/c2ccccc2)[C@@H]1OC(=O)N(C(C)C)C(C)C. The number of amides is 1. The lowest BCUT2D eigenvalue weighted by Crippen LogP contribution is -2.48. The Labute approximate surface area is 208 Å². The van der Waals surface area contributed by atoms with Gasteiger partial charge in [0.15, 0.2) is 6.10 Å². The minimum Gasteiger partial charge on any atom is -0.438 e. The van der Waals surface area contributed by atoms with E-state index in [1.165, 1.54) is 0 Å². The van der Waals surface area contributed by atoms with Crippen molar-refractivity contribution in [2.75, 3.05) is 0 Å². The van der Waals surface area contributed by atoms with Crippen LogP contribution in [0.4, 0.5) is 4.79 Å². The van der Waals surface area contributed by atoms with Gasteiger partial charge in [0.1, 0.15) is 20.3 Å². The van der Waals surface area contributed by atoms with Gasteiger partial charge in [0.05, 0.1) is 0 Å². The van der Waals surface area contributed by atoms with Gasteiger partial charge >= 0.3 is 6.09 Å². The molecule has 186 valence electrons. The first kappa shape index (κ1) is 27.9. The average molecular weight is 482 g/mol. The Morgan fingerprint density at radius 2 is 1.76 bits per heavy atom. The van der Waals surface area contributed by atoms with Crippen molar-refractivity contribution < 1.29 is 14.3 Å². The highest BCUT2D eigenvalue weighted by molar-refractivity contribution is 6.87. The molecule has 1 amide bonds. The third-order valence-corrected chi connectivity index (χ3v) is 11.2. The molecule has 0 saturated carbocycles. The smallest absolute Gasteiger partial charge is 0.410 e. The van der Waals surface area contributed by atoms with Gasteiger partial charge < -0.3 is 14.4 Å². The topological polar surface area (TPSA) is 38.8 Å². The molecule has 0 spiro atoms. The summed E-state index contributed by atoms with van der Waals surface area (Å²) in [6, 6.07) is 10.1. The van der Waals surface area contributed by atoms with Crippen LogP contribution in [0.15, 0.2) is 48.6 Å². The van der Waals surface area contributed by atoms with Crippen molar-refractivity contribution in [1.29, 1.82) is 0 Å². The molecule has 0 aromatic heterocycles. The molecule has 1 aromatic rings. The molecule has 3 atom stereocenters. The van der Waals surface area contributed by atoms with Crippen LogP contribution in [-0.2, 0) is 9.47 Å². The van der Waals surface area contributed by atoms with E-state index in [2.05, 4.69) is 51.9 Å². The van der Waals surface area contributed by atoms with Crippen LogP contribution in [0.5, 0.6) is 0 Å². The third-order valence-electron chi connectivity index (χ3n) is 6.72. The van der Waals surface area contributed by atoms with Crippen LogP contribution in [-0.4, -0.2) is 49.5 Å². The van der Waals surface area contributed by atoms with Crippen molar-refractivity contribution in [3.63, 3.8) is 0 Å². The second kappa shape index (κ2) is 11.4. The summed E-state index contributed by atoms with van der Waals surface area (Å²) in [6.07, 6.45) is 2.90. The lowest BCUT2D eigenvalue weighted by atomic mass is 9.95. The molecule has 4 nitrogen and oxygen atoms in total. The molecule has 0 bridgehead atoms. The first-order chi connectivity index (χ1) is 15.7. The van der Waals surface area contributed by atoms with Crippen molar-refractivity contribution in [1.82, 2.24) is 4.90 Å². The summed E-state index contributed by atoms with van der Waals surface area (Å²) in [6.45, 7) is 23.6. The van der Waals surface area contributed by atoms with Crippen LogP contribution in [0, 0.1) is 11.5 Å². The number of carbonyl (C=O) groups is 1. The molecular weight excluding hydrogens is 438 g/mol. The van der Waals surface area contributed by atoms with Gasteiger partial charge in [-0.15, -0.1) is 5.54 Å². The molecule has 1 aromatic carbocycles. The summed E-state index contributed by atoms with van der Waals surface area (Å²) in [4.78, 5) is 14.8. The van der Waals surface area contributed by atoms with E-state index in [1.54, 1.807) is 4.90 Å².